The Morgan fingerprint density at radius 3 is 2.74 bits per heavy atom. The van der Waals surface area contributed by atoms with Crippen molar-refractivity contribution < 1.29 is 17.9 Å². The standard InChI is InChI=1S/C15H19Cl2NO4S/c1-18(12-6-8-23(20,21)10-12)15(19)3-2-7-22-14-5-4-11(16)9-13(14)17/h4-5,9,12H,2-3,6-8,10H2,1H3. The highest BCUT2D eigenvalue weighted by Crippen LogP contribution is 2.27. The van der Waals surface area contributed by atoms with E-state index in [1.54, 1.807) is 30.1 Å². The maximum atomic E-state index is 12.1. The van der Waals surface area contributed by atoms with Gasteiger partial charge in [0.05, 0.1) is 23.1 Å². The molecule has 1 atom stereocenters. The summed E-state index contributed by atoms with van der Waals surface area (Å²) < 4.78 is 28.4. The number of benzene rings is 1. The molecule has 0 saturated carbocycles. The van der Waals surface area contributed by atoms with E-state index < -0.39 is 9.84 Å². The van der Waals surface area contributed by atoms with Gasteiger partial charge in [0.1, 0.15) is 5.75 Å². The van der Waals surface area contributed by atoms with Gasteiger partial charge in [0, 0.05) is 24.5 Å². The van der Waals surface area contributed by atoms with Crippen LogP contribution in [0.25, 0.3) is 0 Å². The second-order valence-electron chi connectivity index (χ2n) is 5.59. The zero-order valence-corrected chi connectivity index (χ0v) is 15.1. The number of hydrogen-bond donors (Lipinski definition) is 0. The summed E-state index contributed by atoms with van der Waals surface area (Å²) in [6.07, 6.45) is 1.35. The topological polar surface area (TPSA) is 63.7 Å². The van der Waals surface area contributed by atoms with Crippen LogP contribution < -0.4 is 4.74 Å². The van der Waals surface area contributed by atoms with Crippen LogP contribution in [0.4, 0.5) is 0 Å². The predicted octanol–water partition coefficient (Wildman–Crippen LogP) is 2.80. The van der Waals surface area contributed by atoms with Gasteiger partial charge in [-0.05, 0) is 31.0 Å². The van der Waals surface area contributed by atoms with Crippen LogP contribution >= 0.6 is 23.2 Å². The molecule has 1 aliphatic heterocycles. The van der Waals surface area contributed by atoms with Crippen molar-refractivity contribution in [1.29, 1.82) is 0 Å². The average Bonchev–Trinajstić information content (AvgIpc) is 2.84. The fourth-order valence-corrected chi connectivity index (χ4v) is 4.70. The lowest BCUT2D eigenvalue weighted by molar-refractivity contribution is -0.131. The molecule has 1 aromatic carbocycles. The number of rotatable bonds is 6. The van der Waals surface area contributed by atoms with Gasteiger partial charge >= 0.3 is 0 Å². The van der Waals surface area contributed by atoms with E-state index in [-0.39, 0.29) is 23.5 Å². The van der Waals surface area contributed by atoms with E-state index >= 15 is 0 Å². The van der Waals surface area contributed by atoms with Crippen molar-refractivity contribution in [2.75, 3.05) is 25.2 Å². The molecule has 0 aliphatic carbocycles. The van der Waals surface area contributed by atoms with Gasteiger partial charge in [-0.1, -0.05) is 23.2 Å². The largest absolute Gasteiger partial charge is 0.492 e. The number of amides is 1. The Labute approximate surface area is 146 Å². The first-order valence-corrected chi connectivity index (χ1v) is 9.90. The Kier molecular flexibility index (Phi) is 6.17. The van der Waals surface area contributed by atoms with Crippen molar-refractivity contribution in [3.8, 4) is 5.75 Å². The average molecular weight is 380 g/mol. The molecular formula is C15H19Cl2NO4S. The number of carbonyl (C=O) groups is 1. The van der Waals surface area contributed by atoms with Crippen LogP contribution in [0, 0.1) is 0 Å². The SMILES string of the molecule is CN(C(=O)CCCOc1ccc(Cl)cc1Cl)C1CCS(=O)(=O)C1. The lowest BCUT2D eigenvalue weighted by Gasteiger charge is -2.23. The van der Waals surface area contributed by atoms with E-state index in [0.717, 1.165) is 0 Å². The lowest BCUT2D eigenvalue weighted by Crippen LogP contribution is -2.37. The molecule has 0 bridgehead atoms. The van der Waals surface area contributed by atoms with Crippen LogP contribution in [0.1, 0.15) is 19.3 Å². The lowest BCUT2D eigenvalue weighted by atomic mass is 10.2. The molecule has 1 aromatic rings. The fourth-order valence-electron chi connectivity index (χ4n) is 2.46. The molecule has 1 aliphatic rings. The number of hydrogen-bond acceptors (Lipinski definition) is 4. The Bertz CT molecular complexity index is 678. The summed E-state index contributed by atoms with van der Waals surface area (Å²) in [6, 6.07) is 4.75. The summed E-state index contributed by atoms with van der Waals surface area (Å²) in [4.78, 5) is 13.6. The van der Waals surface area contributed by atoms with Crippen LogP contribution in [0.15, 0.2) is 18.2 Å². The Morgan fingerprint density at radius 1 is 1.39 bits per heavy atom. The van der Waals surface area contributed by atoms with Crippen LogP contribution in [0.2, 0.25) is 10.0 Å². The second kappa shape index (κ2) is 7.73. The van der Waals surface area contributed by atoms with Crippen molar-refractivity contribution in [3.63, 3.8) is 0 Å². The van der Waals surface area contributed by atoms with E-state index in [1.165, 1.54) is 0 Å². The molecule has 8 heteroatoms. The van der Waals surface area contributed by atoms with E-state index in [0.29, 0.717) is 41.7 Å². The summed E-state index contributed by atoms with van der Waals surface area (Å²) in [7, 11) is -1.33. The number of halogens is 2. The van der Waals surface area contributed by atoms with Crippen LogP contribution in [0.5, 0.6) is 5.75 Å². The molecule has 5 nitrogen and oxygen atoms in total. The number of ether oxygens (including phenoxy) is 1. The molecule has 1 unspecified atom stereocenters. The maximum Gasteiger partial charge on any atom is 0.222 e. The molecule has 1 saturated heterocycles. The zero-order chi connectivity index (χ0) is 17.0. The first-order valence-electron chi connectivity index (χ1n) is 7.32. The van der Waals surface area contributed by atoms with Gasteiger partial charge in [0.25, 0.3) is 0 Å². The molecule has 2 rings (SSSR count). The van der Waals surface area contributed by atoms with Crippen molar-refractivity contribution in [2.45, 2.75) is 25.3 Å². The monoisotopic (exact) mass is 379 g/mol. The number of sulfone groups is 1. The Morgan fingerprint density at radius 2 is 2.13 bits per heavy atom. The first-order chi connectivity index (χ1) is 10.8. The minimum Gasteiger partial charge on any atom is -0.492 e. The van der Waals surface area contributed by atoms with E-state index in [2.05, 4.69) is 0 Å². The molecule has 128 valence electrons. The molecule has 1 heterocycles. The molecule has 1 fully saturated rings. The third-order valence-corrected chi connectivity index (χ3v) is 6.12. The summed E-state index contributed by atoms with van der Waals surface area (Å²) in [5, 5.41) is 0.961. The normalized spacial score (nSPS) is 19.5. The van der Waals surface area contributed by atoms with Gasteiger partial charge in [-0.3, -0.25) is 4.79 Å². The second-order valence-corrected chi connectivity index (χ2v) is 8.66. The van der Waals surface area contributed by atoms with Gasteiger partial charge in [-0.15, -0.1) is 0 Å². The van der Waals surface area contributed by atoms with Gasteiger partial charge in [0.2, 0.25) is 5.91 Å². The predicted molar refractivity (Wildman–Crippen MR) is 91.0 cm³/mol. The minimum absolute atomic E-state index is 0.0616. The zero-order valence-electron chi connectivity index (χ0n) is 12.8. The summed E-state index contributed by atoms with van der Waals surface area (Å²) >= 11 is 11.8. The van der Waals surface area contributed by atoms with Crippen LogP contribution in [-0.2, 0) is 14.6 Å². The summed E-state index contributed by atoms with van der Waals surface area (Å²) in [6.45, 7) is 0.351. The van der Waals surface area contributed by atoms with Crippen LogP contribution in [-0.4, -0.2) is 50.4 Å². The fraction of sp³-hybridized carbons (Fsp3) is 0.533. The van der Waals surface area contributed by atoms with Crippen molar-refractivity contribution >= 4 is 38.9 Å². The van der Waals surface area contributed by atoms with Crippen LogP contribution in [0.3, 0.4) is 0 Å². The Hall–Kier alpha value is -0.980. The Balaban J connectivity index is 1.74. The highest BCUT2D eigenvalue weighted by molar-refractivity contribution is 7.91. The molecule has 0 radical (unpaired) electrons. The van der Waals surface area contributed by atoms with E-state index in [4.69, 9.17) is 27.9 Å². The molecule has 0 aromatic heterocycles. The maximum absolute atomic E-state index is 12.1. The molecule has 0 spiro atoms. The minimum atomic E-state index is -2.99. The van der Waals surface area contributed by atoms with Gasteiger partial charge in [0.15, 0.2) is 9.84 Å². The molecule has 1 amide bonds. The van der Waals surface area contributed by atoms with Gasteiger partial charge in [-0.25, -0.2) is 8.42 Å². The van der Waals surface area contributed by atoms with Gasteiger partial charge < -0.3 is 9.64 Å². The van der Waals surface area contributed by atoms with Crippen molar-refractivity contribution in [3.05, 3.63) is 28.2 Å². The third-order valence-electron chi connectivity index (χ3n) is 3.84. The van der Waals surface area contributed by atoms with Crippen molar-refractivity contribution in [2.24, 2.45) is 0 Å². The smallest absolute Gasteiger partial charge is 0.222 e. The van der Waals surface area contributed by atoms with E-state index in [9.17, 15) is 13.2 Å². The molecule has 23 heavy (non-hydrogen) atoms. The number of nitrogens with zero attached hydrogens (tertiary/aromatic N) is 1. The van der Waals surface area contributed by atoms with E-state index in [1.807, 2.05) is 0 Å². The highest BCUT2D eigenvalue weighted by Gasteiger charge is 2.32. The third kappa shape index (κ3) is 5.26. The summed E-state index contributed by atoms with van der Waals surface area (Å²) in [5.74, 6) is 0.677. The van der Waals surface area contributed by atoms with Crippen molar-refractivity contribution in [1.82, 2.24) is 4.90 Å². The quantitative estimate of drug-likeness (QED) is 0.712. The molecular weight excluding hydrogens is 361 g/mol. The highest BCUT2D eigenvalue weighted by atomic mass is 35.5. The summed E-state index contributed by atoms with van der Waals surface area (Å²) in [5.41, 5.74) is 0. The first kappa shape index (κ1) is 18.4. The van der Waals surface area contributed by atoms with Gasteiger partial charge in [-0.2, -0.15) is 0 Å². The molecule has 0 N–H and O–H groups in total. The number of carbonyl (C=O) groups excluding carboxylic acids is 1.